The number of fused-ring (bicyclic) bond motifs is 1. The van der Waals surface area contributed by atoms with Gasteiger partial charge in [-0.15, -0.1) is 0 Å². The van der Waals surface area contributed by atoms with Gasteiger partial charge in [0.25, 0.3) is 0 Å². The van der Waals surface area contributed by atoms with E-state index in [9.17, 15) is 9.59 Å². The Hall–Kier alpha value is -3.02. The van der Waals surface area contributed by atoms with Crippen molar-refractivity contribution >= 4 is 16.9 Å². The number of carbonyl (C=O) groups excluding carboxylic acids is 1. The predicted molar refractivity (Wildman–Crippen MR) is 106 cm³/mol. The number of carbonyl (C=O) groups is 1. The summed E-state index contributed by atoms with van der Waals surface area (Å²) in [6, 6.07) is 13.5. The lowest BCUT2D eigenvalue weighted by Crippen LogP contribution is -2.34. The van der Waals surface area contributed by atoms with Crippen LogP contribution in [0.1, 0.15) is 18.1 Å². The second-order valence-corrected chi connectivity index (χ2v) is 6.67. The van der Waals surface area contributed by atoms with Gasteiger partial charge in [0.15, 0.2) is 0 Å². The van der Waals surface area contributed by atoms with E-state index in [1.54, 1.807) is 28.2 Å². The third-order valence-electron chi connectivity index (χ3n) is 4.80. The fraction of sp³-hybridized carbons (Fsp3) is 0.333. The summed E-state index contributed by atoms with van der Waals surface area (Å²) in [7, 11) is 3.36. The van der Waals surface area contributed by atoms with Crippen LogP contribution in [0.3, 0.4) is 0 Å². The number of imidazole rings is 1. The van der Waals surface area contributed by atoms with E-state index in [2.05, 4.69) is 0 Å². The Morgan fingerprint density at radius 2 is 1.78 bits per heavy atom. The predicted octanol–water partition coefficient (Wildman–Crippen LogP) is 2.80. The summed E-state index contributed by atoms with van der Waals surface area (Å²) in [4.78, 5) is 27.2. The lowest BCUT2D eigenvalue weighted by Gasteiger charge is -2.19. The molecule has 27 heavy (non-hydrogen) atoms. The molecule has 0 aliphatic rings. The van der Waals surface area contributed by atoms with Gasteiger partial charge < -0.3 is 9.64 Å². The normalized spacial score (nSPS) is 11.0. The maximum Gasteiger partial charge on any atom is 0.329 e. The van der Waals surface area contributed by atoms with Crippen molar-refractivity contribution in [1.29, 1.82) is 0 Å². The summed E-state index contributed by atoms with van der Waals surface area (Å²) in [6.07, 6.45) is 0. The largest absolute Gasteiger partial charge is 0.496 e. The van der Waals surface area contributed by atoms with Gasteiger partial charge in [0.2, 0.25) is 5.91 Å². The zero-order valence-electron chi connectivity index (χ0n) is 16.2. The van der Waals surface area contributed by atoms with Gasteiger partial charge >= 0.3 is 5.69 Å². The number of rotatable bonds is 6. The Kier molecular flexibility index (Phi) is 5.35. The lowest BCUT2D eigenvalue weighted by molar-refractivity contribution is -0.131. The van der Waals surface area contributed by atoms with E-state index in [0.717, 1.165) is 27.9 Å². The van der Waals surface area contributed by atoms with Gasteiger partial charge in [0, 0.05) is 25.7 Å². The molecule has 0 radical (unpaired) electrons. The standard InChI is InChI=1S/C21H25N3O3/c1-5-23-17-8-6-7-9-18(17)24(21(23)26)14-20(25)22(3)13-16-12-15(2)10-11-19(16)27-4/h6-12H,5,13-14H2,1-4H3. The van der Waals surface area contributed by atoms with Crippen molar-refractivity contribution in [3.8, 4) is 5.75 Å². The van der Waals surface area contributed by atoms with Gasteiger partial charge in [0.1, 0.15) is 12.3 Å². The van der Waals surface area contributed by atoms with Crippen LogP contribution >= 0.6 is 0 Å². The quantitative estimate of drug-likeness (QED) is 0.673. The summed E-state index contributed by atoms with van der Waals surface area (Å²) in [5, 5.41) is 0. The lowest BCUT2D eigenvalue weighted by atomic mass is 10.1. The van der Waals surface area contributed by atoms with Gasteiger partial charge in [-0.05, 0) is 32.0 Å². The van der Waals surface area contributed by atoms with Crippen molar-refractivity contribution in [2.24, 2.45) is 0 Å². The first kappa shape index (κ1) is 18.8. The molecule has 3 rings (SSSR count). The molecule has 0 aliphatic heterocycles. The minimum Gasteiger partial charge on any atom is -0.496 e. The number of ether oxygens (including phenoxy) is 1. The summed E-state index contributed by atoms with van der Waals surface area (Å²) in [5.41, 5.74) is 3.51. The number of para-hydroxylation sites is 2. The zero-order valence-corrected chi connectivity index (χ0v) is 16.2. The minimum absolute atomic E-state index is 0.0109. The average molecular weight is 367 g/mol. The third-order valence-corrected chi connectivity index (χ3v) is 4.80. The molecule has 0 N–H and O–H groups in total. The van der Waals surface area contributed by atoms with Crippen LogP contribution in [0, 0.1) is 6.92 Å². The molecule has 2 aromatic carbocycles. The van der Waals surface area contributed by atoms with Gasteiger partial charge in [-0.3, -0.25) is 13.9 Å². The van der Waals surface area contributed by atoms with Gasteiger partial charge in [-0.1, -0.05) is 29.8 Å². The van der Waals surface area contributed by atoms with Crippen LogP contribution in [0.15, 0.2) is 47.3 Å². The Bertz CT molecular complexity index is 1030. The molecule has 3 aromatic rings. The molecule has 0 saturated heterocycles. The van der Waals surface area contributed by atoms with Crippen molar-refractivity contribution in [2.45, 2.75) is 33.5 Å². The van der Waals surface area contributed by atoms with Crippen LogP contribution < -0.4 is 10.4 Å². The van der Waals surface area contributed by atoms with Crippen LogP contribution in [0.25, 0.3) is 11.0 Å². The number of aryl methyl sites for hydroxylation is 2. The van der Waals surface area contributed by atoms with Crippen LogP contribution in [-0.4, -0.2) is 34.1 Å². The minimum atomic E-state index is -0.159. The SMILES string of the molecule is CCn1c(=O)n(CC(=O)N(C)Cc2cc(C)ccc2OC)c2ccccc21. The summed E-state index contributed by atoms with van der Waals surface area (Å²) >= 11 is 0. The van der Waals surface area contributed by atoms with E-state index in [1.807, 2.05) is 56.3 Å². The number of likely N-dealkylation sites (N-methyl/N-ethyl adjacent to an activating group) is 1. The van der Waals surface area contributed by atoms with E-state index in [4.69, 9.17) is 4.74 Å². The van der Waals surface area contributed by atoms with Crippen molar-refractivity contribution in [1.82, 2.24) is 14.0 Å². The van der Waals surface area contributed by atoms with E-state index in [1.165, 1.54) is 0 Å². The number of benzene rings is 2. The molecule has 0 atom stereocenters. The molecule has 142 valence electrons. The summed E-state index contributed by atoms with van der Waals surface area (Å²) in [5.74, 6) is 0.625. The van der Waals surface area contributed by atoms with Gasteiger partial charge in [0.05, 0.1) is 18.1 Å². The molecule has 1 aromatic heterocycles. The highest BCUT2D eigenvalue weighted by atomic mass is 16.5. The molecular formula is C21H25N3O3. The maximum absolute atomic E-state index is 12.8. The molecule has 6 nitrogen and oxygen atoms in total. The molecular weight excluding hydrogens is 342 g/mol. The highest BCUT2D eigenvalue weighted by Gasteiger charge is 2.18. The van der Waals surface area contributed by atoms with E-state index < -0.39 is 0 Å². The van der Waals surface area contributed by atoms with Crippen molar-refractivity contribution in [3.05, 3.63) is 64.1 Å². The molecule has 0 saturated carbocycles. The monoisotopic (exact) mass is 367 g/mol. The molecule has 0 aliphatic carbocycles. The smallest absolute Gasteiger partial charge is 0.329 e. The van der Waals surface area contributed by atoms with Crippen molar-refractivity contribution < 1.29 is 9.53 Å². The zero-order chi connectivity index (χ0) is 19.6. The molecule has 0 bridgehead atoms. The fourth-order valence-corrected chi connectivity index (χ4v) is 3.36. The Labute approximate surface area is 158 Å². The van der Waals surface area contributed by atoms with Crippen LogP contribution in [-0.2, 0) is 24.4 Å². The third kappa shape index (κ3) is 3.60. The Morgan fingerprint density at radius 3 is 2.41 bits per heavy atom. The van der Waals surface area contributed by atoms with Crippen LogP contribution in [0.2, 0.25) is 0 Å². The highest BCUT2D eigenvalue weighted by molar-refractivity contribution is 5.81. The maximum atomic E-state index is 12.8. The molecule has 1 heterocycles. The first-order chi connectivity index (χ1) is 13.0. The average Bonchev–Trinajstić information content (AvgIpc) is 2.93. The number of methoxy groups -OCH3 is 1. The second-order valence-electron chi connectivity index (χ2n) is 6.67. The number of hydrogen-bond donors (Lipinski definition) is 0. The first-order valence-electron chi connectivity index (χ1n) is 9.01. The number of nitrogens with zero attached hydrogens (tertiary/aromatic N) is 3. The Balaban J connectivity index is 1.86. The van der Waals surface area contributed by atoms with E-state index >= 15 is 0 Å². The molecule has 0 spiro atoms. The fourth-order valence-electron chi connectivity index (χ4n) is 3.36. The summed E-state index contributed by atoms with van der Waals surface area (Å²) < 4.78 is 8.63. The van der Waals surface area contributed by atoms with Crippen LogP contribution in [0.4, 0.5) is 0 Å². The topological polar surface area (TPSA) is 56.5 Å². The number of aromatic nitrogens is 2. The molecule has 0 unspecified atom stereocenters. The molecule has 6 heteroatoms. The van der Waals surface area contributed by atoms with Gasteiger partial charge in [-0.25, -0.2) is 4.79 Å². The van der Waals surface area contributed by atoms with E-state index in [0.29, 0.717) is 13.1 Å². The number of amides is 1. The van der Waals surface area contributed by atoms with Gasteiger partial charge in [-0.2, -0.15) is 0 Å². The van der Waals surface area contributed by atoms with E-state index in [-0.39, 0.29) is 18.1 Å². The number of hydrogen-bond acceptors (Lipinski definition) is 3. The highest BCUT2D eigenvalue weighted by Crippen LogP contribution is 2.21. The second kappa shape index (κ2) is 7.70. The van der Waals surface area contributed by atoms with Crippen molar-refractivity contribution in [2.75, 3.05) is 14.2 Å². The Morgan fingerprint density at radius 1 is 1.11 bits per heavy atom. The van der Waals surface area contributed by atoms with Crippen LogP contribution in [0.5, 0.6) is 5.75 Å². The first-order valence-corrected chi connectivity index (χ1v) is 9.01. The molecule has 1 amide bonds. The molecule has 0 fully saturated rings. The van der Waals surface area contributed by atoms with Crippen molar-refractivity contribution in [3.63, 3.8) is 0 Å². The summed E-state index contributed by atoms with van der Waals surface area (Å²) in [6.45, 7) is 4.93.